The van der Waals surface area contributed by atoms with E-state index in [-0.39, 0.29) is 5.54 Å². The number of hydrogen-bond acceptors (Lipinski definition) is 1. The van der Waals surface area contributed by atoms with Crippen molar-refractivity contribution in [3.05, 3.63) is 0 Å². The molecule has 0 aliphatic heterocycles. The molecule has 1 aliphatic rings. The van der Waals surface area contributed by atoms with Gasteiger partial charge in [-0.25, -0.2) is 0 Å². The highest BCUT2D eigenvalue weighted by Gasteiger charge is 2.31. The highest BCUT2D eigenvalue weighted by molar-refractivity contribution is 4.84. The molecule has 120 valence electrons. The molecule has 3 atom stereocenters. The van der Waals surface area contributed by atoms with Gasteiger partial charge in [-0.05, 0) is 82.6 Å². The van der Waals surface area contributed by atoms with Gasteiger partial charge in [0.15, 0.2) is 0 Å². The Bertz CT molecular complexity index is 261. The topological polar surface area (TPSA) is 12.0 Å². The molecule has 1 fully saturated rings. The Morgan fingerprint density at radius 1 is 1.00 bits per heavy atom. The van der Waals surface area contributed by atoms with Crippen LogP contribution in [0.3, 0.4) is 0 Å². The maximum absolute atomic E-state index is 3.75. The first-order valence-corrected chi connectivity index (χ1v) is 8.94. The summed E-state index contributed by atoms with van der Waals surface area (Å²) >= 11 is 0. The highest BCUT2D eigenvalue weighted by atomic mass is 14.9. The van der Waals surface area contributed by atoms with E-state index in [9.17, 15) is 0 Å². The van der Waals surface area contributed by atoms with Crippen LogP contribution in [0.15, 0.2) is 0 Å². The average molecular weight is 282 g/mol. The molecule has 0 aromatic rings. The summed E-state index contributed by atoms with van der Waals surface area (Å²) in [4.78, 5) is 0. The number of hydrogen-bond donors (Lipinski definition) is 1. The summed E-state index contributed by atoms with van der Waals surface area (Å²) in [6.45, 7) is 17.6. The molecule has 0 aromatic carbocycles. The molecule has 0 aromatic heterocycles. The molecule has 1 heteroatoms. The lowest BCUT2D eigenvalue weighted by atomic mass is 9.68. The summed E-state index contributed by atoms with van der Waals surface area (Å²) < 4.78 is 0. The first kappa shape index (κ1) is 18.0. The monoisotopic (exact) mass is 281 g/mol. The Hall–Kier alpha value is -0.0400. The van der Waals surface area contributed by atoms with E-state index in [0.29, 0.717) is 0 Å². The van der Waals surface area contributed by atoms with Gasteiger partial charge in [0.2, 0.25) is 0 Å². The third-order valence-electron chi connectivity index (χ3n) is 5.13. The predicted octanol–water partition coefficient (Wildman–Crippen LogP) is 5.50. The summed E-state index contributed by atoms with van der Waals surface area (Å²) in [5, 5.41) is 3.75. The van der Waals surface area contributed by atoms with Crippen LogP contribution in [0.1, 0.15) is 80.6 Å². The van der Waals surface area contributed by atoms with Crippen molar-refractivity contribution in [3.63, 3.8) is 0 Å². The SMILES string of the molecule is CC(C)CCC1CC(C(C)C)CCC1CNC(C)(C)C. The maximum Gasteiger partial charge on any atom is 0.00966 e. The lowest BCUT2D eigenvalue weighted by molar-refractivity contribution is 0.127. The van der Waals surface area contributed by atoms with Gasteiger partial charge in [0.05, 0.1) is 0 Å². The molecule has 20 heavy (non-hydrogen) atoms. The van der Waals surface area contributed by atoms with Crippen molar-refractivity contribution in [2.75, 3.05) is 6.54 Å². The van der Waals surface area contributed by atoms with E-state index in [4.69, 9.17) is 0 Å². The molecule has 0 spiro atoms. The summed E-state index contributed by atoms with van der Waals surface area (Å²) in [5.74, 6) is 4.55. The van der Waals surface area contributed by atoms with Crippen LogP contribution >= 0.6 is 0 Å². The number of nitrogens with one attached hydrogen (secondary N) is 1. The van der Waals surface area contributed by atoms with Gasteiger partial charge in [-0.1, -0.05) is 34.1 Å². The summed E-state index contributed by atoms with van der Waals surface area (Å²) in [6.07, 6.45) is 7.21. The van der Waals surface area contributed by atoms with Crippen molar-refractivity contribution < 1.29 is 0 Å². The third-order valence-corrected chi connectivity index (χ3v) is 5.13. The first-order chi connectivity index (χ1) is 9.19. The molecule has 3 unspecified atom stereocenters. The van der Waals surface area contributed by atoms with E-state index in [1.165, 1.54) is 38.6 Å². The first-order valence-electron chi connectivity index (χ1n) is 8.94. The van der Waals surface area contributed by atoms with Crippen molar-refractivity contribution in [1.82, 2.24) is 5.32 Å². The zero-order valence-corrected chi connectivity index (χ0v) is 15.1. The molecule has 1 aliphatic carbocycles. The molecule has 0 bridgehead atoms. The van der Waals surface area contributed by atoms with Crippen LogP contribution in [0, 0.1) is 29.6 Å². The Kier molecular flexibility index (Phi) is 7.04. The van der Waals surface area contributed by atoms with E-state index in [1.54, 1.807) is 0 Å². The fraction of sp³-hybridized carbons (Fsp3) is 1.00. The third kappa shape index (κ3) is 6.61. The predicted molar refractivity (Wildman–Crippen MR) is 91.0 cm³/mol. The maximum atomic E-state index is 3.75. The van der Waals surface area contributed by atoms with Gasteiger partial charge >= 0.3 is 0 Å². The summed E-state index contributed by atoms with van der Waals surface area (Å²) in [7, 11) is 0. The molecule has 0 amide bonds. The van der Waals surface area contributed by atoms with E-state index in [2.05, 4.69) is 53.8 Å². The van der Waals surface area contributed by atoms with E-state index in [0.717, 1.165) is 29.6 Å². The van der Waals surface area contributed by atoms with Gasteiger partial charge in [-0.15, -0.1) is 0 Å². The Balaban J connectivity index is 2.56. The second kappa shape index (κ2) is 7.82. The standard InChI is InChI=1S/C19H39N/c1-14(2)8-9-17-12-16(15(3)4)10-11-18(17)13-20-19(5,6)7/h14-18,20H,8-13H2,1-7H3. The van der Waals surface area contributed by atoms with E-state index in [1.807, 2.05) is 0 Å². The zero-order chi connectivity index (χ0) is 15.3. The van der Waals surface area contributed by atoms with Gasteiger partial charge in [-0.2, -0.15) is 0 Å². The van der Waals surface area contributed by atoms with Crippen LogP contribution in [0.4, 0.5) is 0 Å². The van der Waals surface area contributed by atoms with Crippen LogP contribution in [0.25, 0.3) is 0 Å². The van der Waals surface area contributed by atoms with Crippen LogP contribution in [-0.2, 0) is 0 Å². The quantitative estimate of drug-likeness (QED) is 0.678. The zero-order valence-electron chi connectivity index (χ0n) is 15.1. The average Bonchev–Trinajstić information content (AvgIpc) is 2.33. The smallest absolute Gasteiger partial charge is 0.00966 e. The van der Waals surface area contributed by atoms with Crippen LogP contribution in [-0.4, -0.2) is 12.1 Å². The molecule has 0 radical (unpaired) electrons. The van der Waals surface area contributed by atoms with Gasteiger partial charge in [0.1, 0.15) is 0 Å². The van der Waals surface area contributed by atoms with Crippen LogP contribution in [0.5, 0.6) is 0 Å². The summed E-state index contributed by atoms with van der Waals surface area (Å²) in [6, 6.07) is 0. The normalized spacial score (nSPS) is 28.4. The van der Waals surface area contributed by atoms with Gasteiger partial charge in [0.25, 0.3) is 0 Å². The van der Waals surface area contributed by atoms with Gasteiger partial charge in [-0.3, -0.25) is 0 Å². The molecule has 1 N–H and O–H groups in total. The second-order valence-electron chi connectivity index (χ2n) is 8.94. The van der Waals surface area contributed by atoms with E-state index >= 15 is 0 Å². The van der Waals surface area contributed by atoms with Crippen molar-refractivity contribution >= 4 is 0 Å². The van der Waals surface area contributed by atoms with Crippen LogP contribution in [0.2, 0.25) is 0 Å². The minimum Gasteiger partial charge on any atom is -0.312 e. The minimum absolute atomic E-state index is 0.261. The van der Waals surface area contributed by atoms with Gasteiger partial charge in [0, 0.05) is 5.54 Å². The van der Waals surface area contributed by atoms with Crippen molar-refractivity contribution in [3.8, 4) is 0 Å². The van der Waals surface area contributed by atoms with Gasteiger partial charge < -0.3 is 5.32 Å². The molecular weight excluding hydrogens is 242 g/mol. The molecule has 1 nitrogen and oxygen atoms in total. The number of rotatable bonds is 6. The Labute approximate surface area is 128 Å². The highest BCUT2D eigenvalue weighted by Crippen LogP contribution is 2.40. The minimum atomic E-state index is 0.261. The van der Waals surface area contributed by atoms with Crippen molar-refractivity contribution in [2.45, 2.75) is 86.1 Å². The second-order valence-corrected chi connectivity index (χ2v) is 8.94. The Morgan fingerprint density at radius 2 is 1.65 bits per heavy atom. The van der Waals surface area contributed by atoms with Crippen molar-refractivity contribution in [1.29, 1.82) is 0 Å². The van der Waals surface area contributed by atoms with Crippen LogP contribution < -0.4 is 5.32 Å². The molecule has 1 saturated carbocycles. The van der Waals surface area contributed by atoms with Crippen molar-refractivity contribution in [2.24, 2.45) is 29.6 Å². The lowest BCUT2D eigenvalue weighted by Crippen LogP contribution is -2.42. The Morgan fingerprint density at radius 3 is 2.15 bits per heavy atom. The van der Waals surface area contributed by atoms with E-state index < -0.39 is 0 Å². The molecule has 0 saturated heterocycles. The molecular formula is C19H39N. The fourth-order valence-electron chi connectivity index (χ4n) is 3.58. The molecule has 1 rings (SSSR count). The fourth-order valence-corrected chi connectivity index (χ4v) is 3.58. The summed E-state index contributed by atoms with van der Waals surface area (Å²) in [5.41, 5.74) is 0.261. The lowest BCUT2D eigenvalue weighted by Gasteiger charge is -2.39. The largest absolute Gasteiger partial charge is 0.312 e. The molecule has 0 heterocycles.